The molecule has 0 spiro atoms. The number of ether oxygens (including phenoxy) is 4. The minimum atomic E-state index is -0.498. The van der Waals surface area contributed by atoms with Crippen molar-refractivity contribution in [1.82, 2.24) is 0 Å². The van der Waals surface area contributed by atoms with E-state index in [4.69, 9.17) is 18.9 Å². The molecule has 0 bridgehead atoms. The van der Waals surface area contributed by atoms with Crippen LogP contribution in [0.4, 0.5) is 0 Å². The largest absolute Gasteiger partial charge is 0.494 e. The molecular weight excluding hydrogens is 480 g/mol. The van der Waals surface area contributed by atoms with Crippen LogP contribution in [0.1, 0.15) is 34.6 Å². The Kier molecular flexibility index (Phi) is 7.22. The lowest BCUT2D eigenvalue weighted by Crippen LogP contribution is -2.11. The van der Waals surface area contributed by atoms with Gasteiger partial charge in [-0.1, -0.05) is 48.5 Å². The van der Waals surface area contributed by atoms with Crippen molar-refractivity contribution in [3.8, 4) is 23.0 Å². The third-order valence-corrected chi connectivity index (χ3v) is 6.02. The zero-order chi connectivity index (χ0) is 26.5. The van der Waals surface area contributed by atoms with Crippen molar-refractivity contribution >= 4 is 33.5 Å². The van der Waals surface area contributed by atoms with Gasteiger partial charge in [0.25, 0.3) is 0 Å². The monoisotopic (exact) mass is 506 g/mol. The van der Waals surface area contributed by atoms with Gasteiger partial charge < -0.3 is 18.9 Å². The normalized spacial score (nSPS) is 10.8. The highest BCUT2D eigenvalue weighted by Gasteiger charge is 2.21. The van der Waals surface area contributed by atoms with Crippen LogP contribution in [-0.4, -0.2) is 25.2 Å². The van der Waals surface area contributed by atoms with Crippen LogP contribution < -0.4 is 18.9 Å². The van der Waals surface area contributed by atoms with Crippen LogP contribution in [0.2, 0.25) is 0 Å². The molecule has 0 N–H and O–H groups in total. The molecule has 38 heavy (non-hydrogen) atoms. The Hall–Kier alpha value is -4.84. The first-order chi connectivity index (χ1) is 18.6. The van der Waals surface area contributed by atoms with Crippen molar-refractivity contribution in [2.24, 2.45) is 0 Å². The van der Waals surface area contributed by atoms with Crippen LogP contribution in [0.15, 0.2) is 97.1 Å². The second-order valence-corrected chi connectivity index (χ2v) is 8.44. The first kappa shape index (κ1) is 24.8. The van der Waals surface area contributed by atoms with Gasteiger partial charge in [-0.25, -0.2) is 9.59 Å². The summed E-state index contributed by atoms with van der Waals surface area (Å²) < 4.78 is 22.9. The Balaban J connectivity index is 1.54. The van der Waals surface area contributed by atoms with Crippen LogP contribution in [0, 0.1) is 0 Å². The van der Waals surface area contributed by atoms with E-state index in [1.165, 1.54) is 0 Å². The molecule has 5 aromatic carbocycles. The highest BCUT2D eigenvalue weighted by molar-refractivity contribution is 6.13. The summed E-state index contributed by atoms with van der Waals surface area (Å²) >= 11 is 0. The van der Waals surface area contributed by atoms with Gasteiger partial charge in [-0.2, -0.15) is 0 Å². The molecule has 6 heteroatoms. The minimum absolute atomic E-state index is 0.396. The lowest BCUT2D eigenvalue weighted by atomic mass is 10.0. The summed E-state index contributed by atoms with van der Waals surface area (Å²) in [5.41, 5.74) is 0.792. The fourth-order valence-electron chi connectivity index (χ4n) is 4.28. The van der Waals surface area contributed by atoms with Gasteiger partial charge in [-0.05, 0) is 62.4 Å². The molecule has 0 aliphatic carbocycles. The predicted octanol–water partition coefficient (Wildman–Crippen LogP) is 7.23. The molecule has 0 amide bonds. The van der Waals surface area contributed by atoms with Gasteiger partial charge in [0.1, 0.15) is 23.0 Å². The average molecular weight is 507 g/mol. The second kappa shape index (κ2) is 11.0. The van der Waals surface area contributed by atoms with Crippen molar-refractivity contribution in [1.29, 1.82) is 0 Å². The van der Waals surface area contributed by atoms with Gasteiger partial charge in [0, 0.05) is 21.5 Å². The summed E-state index contributed by atoms with van der Waals surface area (Å²) in [4.78, 5) is 26.3. The zero-order valence-corrected chi connectivity index (χ0v) is 21.1. The maximum absolute atomic E-state index is 13.1. The number of hydrogen-bond acceptors (Lipinski definition) is 6. The van der Waals surface area contributed by atoms with E-state index in [9.17, 15) is 9.59 Å². The highest BCUT2D eigenvalue weighted by Crippen LogP contribution is 2.43. The van der Waals surface area contributed by atoms with E-state index in [1.54, 1.807) is 48.5 Å². The Morgan fingerprint density at radius 3 is 1.11 bits per heavy atom. The van der Waals surface area contributed by atoms with E-state index in [-0.39, 0.29) is 0 Å². The van der Waals surface area contributed by atoms with Crippen molar-refractivity contribution in [2.75, 3.05) is 13.2 Å². The smallest absolute Gasteiger partial charge is 0.343 e. The molecule has 0 fully saturated rings. The quantitative estimate of drug-likeness (QED) is 0.126. The molecule has 0 aliphatic rings. The van der Waals surface area contributed by atoms with E-state index >= 15 is 0 Å². The number of carbonyl (C=O) groups excluding carboxylic acids is 2. The molecule has 0 unspecified atom stereocenters. The minimum Gasteiger partial charge on any atom is -0.494 e. The molecule has 0 aliphatic heterocycles. The summed E-state index contributed by atoms with van der Waals surface area (Å²) in [6, 6.07) is 28.4. The molecular formula is C32H26O6. The average Bonchev–Trinajstić information content (AvgIpc) is 2.95. The van der Waals surface area contributed by atoms with E-state index < -0.39 is 11.9 Å². The Morgan fingerprint density at radius 2 is 0.816 bits per heavy atom. The molecule has 0 atom stereocenters. The molecule has 5 aromatic rings. The van der Waals surface area contributed by atoms with E-state index in [0.29, 0.717) is 68.9 Å². The SMILES string of the molecule is CCOc1ccc(C(=O)Oc2c3ccccc3c(OC(=O)c3ccc(OCC)cc3)c3ccccc23)cc1. The number of hydrogen-bond donors (Lipinski definition) is 0. The number of esters is 2. The summed E-state index contributed by atoms with van der Waals surface area (Å²) in [5.74, 6) is 1.16. The molecule has 190 valence electrons. The van der Waals surface area contributed by atoms with Gasteiger partial charge in [0.15, 0.2) is 0 Å². The van der Waals surface area contributed by atoms with Crippen molar-refractivity contribution in [3.63, 3.8) is 0 Å². The van der Waals surface area contributed by atoms with Gasteiger partial charge in [0.05, 0.1) is 24.3 Å². The van der Waals surface area contributed by atoms with E-state index in [1.807, 2.05) is 62.4 Å². The first-order valence-corrected chi connectivity index (χ1v) is 12.4. The Labute approximate surface area is 220 Å². The number of benzene rings is 5. The third kappa shape index (κ3) is 5.02. The first-order valence-electron chi connectivity index (χ1n) is 12.4. The van der Waals surface area contributed by atoms with Crippen molar-refractivity contribution < 1.29 is 28.5 Å². The lowest BCUT2D eigenvalue weighted by molar-refractivity contribution is 0.0726. The Bertz CT molecular complexity index is 1430. The summed E-state index contributed by atoms with van der Waals surface area (Å²) in [7, 11) is 0. The molecule has 0 saturated heterocycles. The lowest BCUT2D eigenvalue weighted by Gasteiger charge is -2.16. The van der Waals surface area contributed by atoms with Crippen LogP contribution >= 0.6 is 0 Å². The molecule has 5 rings (SSSR count). The van der Waals surface area contributed by atoms with Crippen LogP contribution in [0.3, 0.4) is 0 Å². The molecule has 0 heterocycles. The Morgan fingerprint density at radius 1 is 0.500 bits per heavy atom. The summed E-state index contributed by atoms with van der Waals surface area (Å²) in [5, 5.41) is 2.61. The van der Waals surface area contributed by atoms with Gasteiger partial charge in [0.2, 0.25) is 0 Å². The highest BCUT2D eigenvalue weighted by atomic mass is 16.5. The summed E-state index contributed by atoms with van der Waals surface area (Å²) in [6.45, 7) is 4.88. The van der Waals surface area contributed by atoms with Crippen LogP contribution in [-0.2, 0) is 0 Å². The third-order valence-electron chi connectivity index (χ3n) is 6.02. The van der Waals surface area contributed by atoms with Gasteiger partial charge in [-0.3, -0.25) is 0 Å². The molecule has 0 radical (unpaired) electrons. The fraction of sp³-hybridized carbons (Fsp3) is 0.125. The van der Waals surface area contributed by atoms with Gasteiger partial charge in [-0.15, -0.1) is 0 Å². The van der Waals surface area contributed by atoms with Crippen LogP contribution in [0.25, 0.3) is 21.5 Å². The van der Waals surface area contributed by atoms with Crippen molar-refractivity contribution in [3.05, 3.63) is 108 Å². The molecule has 0 saturated carbocycles. The second-order valence-electron chi connectivity index (χ2n) is 8.44. The number of carbonyl (C=O) groups is 2. The summed E-state index contributed by atoms with van der Waals surface area (Å²) in [6.07, 6.45) is 0. The molecule has 0 aromatic heterocycles. The standard InChI is InChI=1S/C32H26O6/c1-3-35-23-17-13-21(14-18-23)31(33)37-29-25-9-5-7-11-27(25)30(28-12-8-6-10-26(28)29)38-32(34)22-15-19-24(20-16-22)36-4-2/h5-20H,3-4H2,1-2H3. The number of fused-ring (bicyclic) bond motifs is 2. The maximum Gasteiger partial charge on any atom is 0.343 e. The molecule has 6 nitrogen and oxygen atoms in total. The van der Waals surface area contributed by atoms with Crippen LogP contribution in [0.5, 0.6) is 23.0 Å². The van der Waals surface area contributed by atoms with Crippen molar-refractivity contribution in [2.45, 2.75) is 13.8 Å². The topological polar surface area (TPSA) is 71.1 Å². The van der Waals surface area contributed by atoms with E-state index in [0.717, 1.165) is 0 Å². The zero-order valence-electron chi connectivity index (χ0n) is 21.1. The number of rotatable bonds is 8. The van der Waals surface area contributed by atoms with Gasteiger partial charge >= 0.3 is 11.9 Å². The predicted molar refractivity (Wildman–Crippen MR) is 147 cm³/mol. The maximum atomic E-state index is 13.1. The fourth-order valence-corrected chi connectivity index (χ4v) is 4.28. The van der Waals surface area contributed by atoms with E-state index in [2.05, 4.69) is 0 Å².